The molecule has 6 rings (SSSR count). The van der Waals surface area contributed by atoms with Crippen molar-refractivity contribution in [1.29, 1.82) is 0 Å². The number of allylic oxidation sites excluding steroid dienone is 1. The standard InChI is InChI=1S/C48H48F8N2O4/c1-7-9-14-31(8-2)25-58-39-20-19-32(42(57-62-30(6)59)35-17-12-13-18-40(35)61-26-46(51,52)48(55,56)47(53,54)45(49)50)23-36(39)37-24-38(33-15-10-11-16-34(33)43(37)58)44(60)41-28(4)21-27(3)22-29(41)5/h10,12-13,15,17-24,31,45H,7-9,11,14,16,25-26H2,1-6H3/b57-42+. The molecule has 4 aromatic carbocycles. The normalized spacial score (nSPS) is 14.1. The van der Waals surface area contributed by atoms with Gasteiger partial charge in [0, 0.05) is 52.0 Å². The number of hydrogen-bond acceptors (Lipinski definition) is 5. The van der Waals surface area contributed by atoms with Gasteiger partial charge in [0.15, 0.2) is 12.4 Å². The summed E-state index contributed by atoms with van der Waals surface area (Å²) >= 11 is 0. The third-order valence-corrected chi connectivity index (χ3v) is 11.5. The van der Waals surface area contributed by atoms with Gasteiger partial charge in [-0.15, -0.1) is 0 Å². The molecule has 0 radical (unpaired) electrons. The SMILES string of the molecule is CCCCC(CC)Cn1c2ccc(/C(=N\OC(C)=O)c3ccccc3OCC(F)(F)C(F)(F)C(F)(F)C(F)F)cc2c2cc(C(=O)c3c(C)cc(C)cc3C)c3c(c21)CCC=C3. The molecule has 5 aromatic rings. The number of rotatable bonds is 17. The number of nitrogens with zero attached hydrogens (tertiary/aromatic N) is 2. The third-order valence-electron chi connectivity index (χ3n) is 11.5. The van der Waals surface area contributed by atoms with Crippen molar-refractivity contribution in [3.63, 3.8) is 0 Å². The number of benzene rings is 4. The van der Waals surface area contributed by atoms with Gasteiger partial charge in [-0.05, 0) is 98.5 Å². The van der Waals surface area contributed by atoms with E-state index < -0.39 is 42.5 Å². The number of fused-ring (bicyclic) bond motifs is 5. The van der Waals surface area contributed by atoms with E-state index >= 15 is 0 Å². The molecular formula is C48H48F8N2O4. The van der Waals surface area contributed by atoms with Crippen LogP contribution in [0.1, 0.15) is 108 Å². The van der Waals surface area contributed by atoms with Gasteiger partial charge in [-0.1, -0.05) is 86.3 Å². The average Bonchev–Trinajstić information content (AvgIpc) is 3.53. The highest BCUT2D eigenvalue weighted by Crippen LogP contribution is 2.49. The number of aromatic nitrogens is 1. The minimum absolute atomic E-state index is 0.145. The summed E-state index contributed by atoms with van der Waals surface area (Å²) in [6.07, 6.45) is 4.31. The monoisotopic (exact) mass is 868 g/mol. The van der Waals surface area contributed by atoms with Gasteiger partial charge in [0.05, 0.1) is 5.52 Å². The van der Waals surface area contributed by atoms with E-state index in [0.29, 0.717) is 35.4 Å². The van der Waals surface area contributed by atoms with E-state index in [-0.39, 0.29) is 22.6 Å². The molecule has 0 saturated heterocycles. The van der Waals surface area contributed by atoms with Crippen LogP contribution in [0.2, 0.25) is 0 Å². The predicted molar refractivity (Wildman–Crippen MR) is 224 cm³/mol. The van der Waals surface area contributed by atoms with E-state index in [0.717, 1.165) is 89.3 Å². The number of carbonyl (C=O) groups excluding carboxylic acids is 2. The van der Waals surface area contributed by atoms with Crippen LogP contribution in [0.25, 0.3) is 27.9 Å². The highest BCUT2D eigenvalue weighted by Gasteiger charge is 2.75. The van der Waals surface area contributed by atoms with Crippen molar-refractivity contribution >= 4 is 45.3 Å². The van der Waals surface area contributed by atoms with Gasteiger partial charge in [-0.3, -0.25) is 4.79 Å². The van der Waals surface area contributed by atoms with E-state index in [1.54, 1.807) is 12.1 Å². The molecule has 0 bridgehead atoms. The molecule has 0 fully saturated rings. The first-order chi connectivity index (χ1) is 29.2. The zero-order valence-corrected chi connectivity index (χ0v) is 35.3. The van der Waals surface area contributed by atoms with Crippen LogP contribution in [-0.2, 0) is 22.6 Å². The van der Waals surface area contributed by atoms with Crippen molar-refractivity contribution in [2.45, 2.75) is 111 Å². The number of ether oxygens (including phenoxy) is 1. The Balaban J connectivity index is 1.57. The lowest BCUT2D eigenvalue weighted by Crippen LogP contribution is -2.59. The molecule has 1 aliphatic carbocycles. The molecule has 0 aliphatic heterocycles. The molecule has 1 aromatic heterocycles. The van der Waals surface area contributed by atoms with Crippen LogP contribution in [0.5, 0.6) is 5.75 Å². The van der Waals surface area contributed by atoms with E-state index in [1.165, 1.54) is 18.2 Å². The van der Waals surface area contributed by atoms with Gasteiger partial charge in [0.2, 0.25) is 0 Å². The summed E-state index contributed by atoms with van der Waals surface area (Å²) in [7, 11) is 0. The largest absolute Gasteiger partial charge is 0.486 e. The number of aryl methyl sites for hydroxylation is 4. The quantitative estimate of drug-likeness (QED) is 0.0307. The van der Waals surface area contributed by atoms with Crippen molar-refractivity contribution in [2.75, 3.05) is 6.61 Å². The second-order valence-corrected chi connectivity index (χ2v) is 16.0. The van der Waals surface area contributed by atoms with Crippen LogP contribution in [0.4, 0.5) is 35.1 Å². The molecule has 1 unspecified atom stereocenters. The van der Waals surface area contributed by atoms with E-state index in [1.807, 2.05) is 51.1 Å². The zero-order valence-electron chi connectivity index (χ0n) is 35.3. The molecule has 14 heteroatoms. The molecule has 1 aliphatic rings. The van der Waals surface area contributed by atoms with Crippen molar-refractivity contribution in [1.82, 2.24) is 4.57 Å². The molecule has 0 amide bonds. The highest BCUT2D eigenvalue weighted by atomic mass is 19.4. The summed E-state index contributed by atoms with van der Waals surface area (Å²) in [5.74, 6) is -19.9. The Morgan fingerprint density at radius 2 is 1.58 bits per heavy atom. The van der Waals surface area contributed by atoms with Gasteiger partial charge in [-0.25, -0.2) is 13.6 Å². The van der Waals surface area contributed by atoms with Crippen molar-refractivity contribution in [3.05, 3.63) is 117 Å². The lowest BCUT2D eigenvalue weighted by molar-refractivity contribution is -0.342. The fourth-order valence-corrected chi connectivity index (χ4v) is 8.41. The summed E-state index contributed by atoms with van der Waals surface area (Å²) < 4.78 is 118. The predicted octanol–water partition coefficient (Wildman–Crippen LogP) is 13.0. The van der Waals surface area contributed by atoms with Crippen molar-refractivity contribution in [3.8, 4) is 5.75 Å². The lowest BCUT2D eigenvalue weighted by atomic mass is 9.85. The number of para-hydroxylation sites is 1. The Hall–Kier alpha value is -5.53. The molecule has 1 heterocycles. The van der Waals surface area contributed by atoms with Crippen molar-refractivity contribution in [2.24, 2.45) is 11.1 Å². The number of ketones is 1. The second kappa shape index (κ2) is 18.1. The Bertz CT molecular complexity index is 2550. The Kier molecular flexibility index (Phi) is 13.4. The number of oxime groups is 1. The molecule has 0 N–H and O–H groups in total. The summed E-state index contributed by atoms with van der Waals surface area (Å²) in [6.45, 7) is 9.36. The topological polar surface area (TPSA) is 69.9 Å². The highest BCUT2D eigenvalue weighted by molar-refractivity contribution is 6.21. The van der Waals surface area contributed by atoms with Crippen molar-refractivity contribution < 1.29 is 54.3 Å². The maximum atomic E-state index is 14.7. The van der Waals surface area contributed by atoms with Gasteiger partial charge in [-0.2, -0.15) is 26.3 Å². The number of halogens is 8. The van der Waals surface area contributed by atoms with Gasteiger partial charge in [0.1, 0.15) is 11.5 Å². The first-order valence-electron chi connectivity index (χ1n) is 20.6. The molecule has 1 atom stereocenters. The third kappa shape index (κ3) is 8.61. The van der Waals surface area contributed by atoms with Crippen LogP contribution in [0, 0.1) is 26.7 Å². The molecule has 0 saturated carbocycles. The Morgan fingerprint density at radius 1 is 0.887 bits per heavy atom. The number of alkyl halides is 8. The summed E-state index contributed by atoms with van der Waals surface area (Å²) in [5, 5.41) is 5.42. The Labute approximate surface area is 354 Å². The number of unbranched alkanes of at least 4 members (excludes halogenated alkanes) is 1. The maximum Gasteiger partial charge on any atom is 0.381 e. The molecule has 0 spiro atoms. The fraction of sp³-hybridized carbons (Fsp3) is 0.396. The first kappa shape index (κ1) is 46.0. The molecule has 6 nitrogen and oxygen atoms in total. The van der Waals surface area contributed by atoms with Gasteiger partial charge in [0.25, 0.3) is 0 Å². The molecule has 330 valence electrons. The number of carbonyl (C=O) groups is 2. The zero-order chi connectivity index (χ0) is 45.3. The van der Waals surface area contributed by atoms with Crippen LogP contribution in [0.3, 0.4) is 0 Å². The second-order valence-electron chi connectivity index (χ2n) is 16.0. The van der Waals surface area contributed by atoms with E-state index in [2.05, 4.69) is 29.6 Å². The lowest BCUT2D eigenvalue weighted by Gasteiger charge is -2.32. The van der Waals surface area contributed by atoms with Crippen LogP contribution in [-0.4, -0.2) is 52.8 Å². The van der Waals surface area contributed by atoms with Gasteiger partial charge >= 0.3 is 30.2 Å². The maximum absolute atomic E-state index is 14.7. The Morgan fingerprint density at radius 3 is 2.23 bits per heavy atom. The van der Waals surface area contributed by atoms with Crippen LogP contribution >= 0.6 is 0 Å². The van der Waals surface area contributed by atoms with Gasteiger partial charge < -0.3 is 14.1 Å². The number of hydrogen-bond donors (Lipinski definition) is 0. The fourth-order valence-electron chi connectivity index (χ4n) is 8.41. The first-order valence-corrected chi connectivity index (χ1v) is 20.6. The van der Waals surface area contributed by atoms with Crippen LogP contribution < -0.4 is 4.74 Å². The minimum atomic E-state index is -6.49. The minimum Gasteiger partial charge on any atom is -0.486 e. The molecular weight excluding hydrogens is 821 g/mol. The van der Waals surface area contributed by atoms with Crippen LogP contribution in [0.15, 0.2) is 71.9 Å². The summed E-state index contributed by atoms with van der Waals surface area (Å²) in [4.78, 5) is 31.9. The summed E-state index contributed by atoms with van der Waals surface area (Å²) in [5.41, 5.74) is 7.25. The average molecular weight is 869 g/mol. The smallest absolute Gasteiger partial charge is 0.381 e. The van der Waals surface area contributed by atoms with E-state index in [4.69, 9.17) is 9.57 Å². The summed E-state index contributed by atoms with van der Waals surface area (Å²) in [6, 6.07) is 16.1. The van der Waals surface area contributed by atoms with E-state index in [9.17, 15) is 44.7 Å². The molecule has 62 heavy (non-hydrogen) atoms.